The number of aliphatic hydroxyl groups is 1. The van der Waals surface area contributed by atoms with Gasteiger partial charge in [-0.2, -0.15) is 0 Å². The molecule has 1 fully saturated rings. The molecule has 0 unspecified atom stereocenters. The average Bonchev–Trinajstić information content (AvgIpc) is 2.65. The van der Waals surface area contributed by atoms with Crippen LogP contribution in [0, 0.1) is 27.9 Å². The zero-order valence-corrected chi connectivity index (χ0v) is 18.2. The minimum Gasteiger partial charge on any atom is -0.460 e. The number of nitrogens with zero attached hydrogens (tertiary/aromatic N) is 1. The Bertz CT molecular complexity index is 688. The molecule has 1 aliphatic rings. The average molecular weight is 406 g/mol. The van der Waals surface area contributed by atoms with Gasteiger partial charge in [0, 0.05) is 17.3 Å². The van der Waals surface area contributed by atoms with Crippen molar-refractivity contribution >= 4 is 5.97 Å². The van der Waals surface area contributed by atoms with Crippen LogP contribution in [0.15, 0.2) is 30.3 Å². The summed E-state index contributed by atoms with van der Waals surface area (Å²) in [6.07, 6.45) is 0.660. The Hall–Kier alpha value is -1.95. The summed E-state index contributed by atoms with van der Waals surface area (Å²) in [5.74, 6) is -0.404. The summed E-state index contributed by atoms with van der Waals surface area (Å²) >= 11 is 0. The van der Waals surface area contributed by atoms with Gasteiger partial charge in [0.25, 0.3) is 0 Å². The van der Waals surface area contributed by atoms with Gasteiger partial charge in [0.1, 0.15) is 6.10 Å². The predicted octanol–water partition coefficient (Wildman–Crippen LogP) is 4.36. The van der Waals surface area contributed by atoms with Gasteiger partial charge in [0.2, 0.25) is 12.1 Å². The smallest absolute Gasteiger partial charge is 0.342 e. The molecule has 0 amide bonds. The molecule has 0 bridgehead atoms. The maximum atomic E-state index is 12.7. The third-order valence-corrected chi connectivity index (χ3v) is 6.36. The van der Waals surface area contributed by atoms with Gasteiger partial charge in [-0.05, 0) is 35.7 Å². The summed E-state index contributed by atoms with van der Waals surface area (Å²) in [7, 11) is 0. The lowest BCUT2D eigenvalue weighted by Gasteiger charge is -2.44. The summed E-state index contributed by atoms with van der Waals surface area (Å²) in [6.45, 7) is 10.1. The molecular weight excluding hydrogens is 370 g/mol. The van der Waals surface area contributed by atoms with Crippen molar-refractivity contribution in [1.29, 1.82) is 0 Å². The van der Waals surface area contributed by atoms with E-state index in [-0.39, 0.29) is 29.8 Å². The van der Waals surface area contributed by atoms with Gasteiger partial charge in [-0.3, -0.25) is 10.1 Å². The van der Waals surface area contributed by atoms with Crippen LogP contribution in [0.2, 0.25) is 0 Å². The number of benzene rings is 1. The molecule has 6 nitrogen and oxygen atoms in total. The lowest BCUT2D eigenvalue weighted by atomic mass is 9.64. The number of carbonyl (C=O) groups excluding carboxylic acids is 1. The van der Waals surface area contributed by atoms with Crippen molar-refractivity contribution in [3.05, 3.63) is 46.0 Å². The molecule has 1 aromatic carbocycles. The third-order valence-electron chi connectivity index (χ3n) is 6.36. The molecule has 0 aromatic heterocycles. The molecule has 1 aliphatic carbocycles. The molecule has 162 valence electrons. The highest BCUT2D eigenvalue weighted by molar-refractivity contribution is 5.75. The lowest BCUT2D eigenvalue weighted by molar-refractivity contribution is -0.533. The normalized spacial score (nSPS) is 24.7. The molecule has 6 heteroatoms. The van der Waals surface area contributed by atoms with Crippen molar-refractivity contribution in [3.8, 4) is 0 Å². The standard InChI is InChI=1S/C23H35NO5/c1-15(2)13-19(24(27)28)21(25)22(26)29-20-14-16(3)11-12-18(20)23(4,5)17-9-7-6-8-10-17/h6-10,15-16,18-21,25H,11-14H2,1-5H3/t16-,18-,19+,20-,21-/m1/s1. The molecule has 1 saturated carbocycles. The molecule has 0 saturated heterocycles. The number of nitro groups is 1. The number of ether oxygens (including phenoxy) is 1. The fourth-order valence-corrected chi connectivity index (χ4v) is 4.56. The van der Waals surface area contributed by atoms with E-state index in [1.807, 2.05) is 32.0 Å². The fourth-order valence-electron chi connectivity index (χ4n) is 4.56. The Morgan fingerprint density at radius 2 is 1.90 bits per heavy atom. The highest BCUT2D eigenvalue weighted by Crippen LogP contribution is 2.43. The molecule has 0 aliphatic heterocycles. The Morgan fingerprint density at radius 1 is 1.28 bits per heavy atom. The molecule has 5 atom stereocenters. The first-order valence-electron chi connectivity index (χ1n) is 10.6. The van der Waals surface area contributed by atoms with Gasteiger partial charge in [-0.15, -0.1) is 0 Å². The van der Waals surface area contributed by atoms with Gasteiger partial charge in [-0.1, -0.05) is 71.4 Å². The van der Waals surface area contributed by atoms with Crippen LogP contribution in [0.25, 0.3) is 0 Å². The highest BCUT2D eigenvalue weighted by atomic mass is 16.6. The number of esters is 1. The first kappa shape index (κ1) is 23.3. The maximum absolute atomic E-state index is 12.7. The van der Waals surface area contributed by atoms with E-state index in [1.54, 1.807) is 0 Å². The second kappa shape index (κ2) is 9.70. The summed E-state index contributed by atoms with van der Waals surface area (Å²) < 4.78 is 5.76. The largest absolute Gasteiger partial charge is 0.460 e. The van der Waals surface area contributed by atoms with Crippen molar-refractivity contribution < 1.29 is 19.6 Å². The third kappa shape index (κ3) is 5.78. The number of hydrogen-bond donors (Lipinski definition) is 1. The minimum atomic E-state index is -1.75. The quantitative estimate of drug-likeness (QED) is 0.394. The minimum absolute atomic E-state index is 0.00712. The topological polar surface area (TPSA) is 89.7 Å². The van der Waals surface area contributed by atoms with E-state index >= 15 is 0 Å². The highest BCUT2D eigenvalue weighted by Gasteiger charge is 2.44. The first-order chi connectivity index (χ1) is 13.5. The second-order valence-electron chi connectivity index (χ2n) is 9.51. The van der Waals surface area contributed by atoms with E-state index in [2.05, 4.69) is 32.9 Å². The Balaban J connectivity index is 2.20. The van der Waals surface area contributed by atoms with Gasteiger partial charge in [-0.25, -0.2) is 4.79 Å². The zero-order chi connectivity index (χ0) is 21.8. The number of aliphatic hydroxyl groups excluding tert-OH is 1. The van der Waals surface area contributed by atoms with E-state index in [9.17, 15) is 20.0 Å². The van der Waals surface area contributed by atoms with Crippen molar-refractivity contribution in [1.82, 2.24) is 0 Å². The number of rotatable bonds is 8. The van der Waals surface area contributed by atoms with Crippen LogP contribution in [-0.4, -0.2) is 34.2 Å². The SMILES string of the molecule is CC(C)C[C@@H]([C@@H](O)C(=O)O[C@@H]1C[C@H](C)CC[C@H]1C(C)(C)c1ccccc1)[N+](=O)[O-]. The van der Waals surface area contributed by atoms with E-state index in [1.165, 1.54) is 5.56 Å². The summed E-state index contributed by atoms with van der Waals surface area (Å²) in [6, 6.07) is 8.79. The molecule has 0 spiro atoms. The first-order valence-corrected chi connectivity index (χ1v) is 10.6. The Morgan fingerprint density at radius 3 is 2.45 bits per heavy atom. The van der Waals surface area contributed by atoms with Gasteiger partial charge in [0.05, 0.1) is 0 Å². The summed E-state index contributed by atoms with van der Waals surface area (Å²) in [5, 5.41) is 21.8. The molecule has 29 heavy (non-hydrogen) atoms. The zero-order valence-electron chi connectivity index (χ0n) is 18.2. The summed E-state index contributed by atoms with van der Waals surface area (Å²) in [5.41, 5.74) is 0.946. The molecule has 1 aromatic rings. The van der Waals surface area contributed by atoms with E-state index in [0.29, 0.717) is 12.3 Å². The van der Waals surface area contributed by atoms with Crippen molar-refractivity contribution in [3.63, 3.8) is 0 Å². The Labute approximate surface area is 173 Å². The van der Waals surface area contributed by atoms with Crippen LogP contribution in [0.1, 0.15) is 65.9 Å². The van der Waals surface area contributed by atoms with Crippen LogP contribution < -0.4 is 0 Å². The van der Waals surface area contributed by atoms with Crippen molar-refractivity contribution in [2.75, 3.05) is 0 Å². The lowest BCUT2D eigenvalue weighted by Crippen LogP contribution is -2.47. The molecule has 2 rings (SSSR count). The van der Waals surface area contributed by atoms with E-state index in [4.69, 9.17) is 4.74 Å². The van der Waals surface area contributed by atoms with Gasteiger partial charge in [0.15, 0.2) is 0 Å². The molecular formula is C23H35NO5. The van der Waals surface area contributed by atoms with Gasteiger partial charge < -0.3 is 9.84 Å². The molecule has 0 heterocycles. The maximum Gasteiger partial charge on any atom is 0.342 e. The van der Waals surface area contributed by atoms with Crippen LogP contribution in [0.4, 0.5) is 0 Å². The van der Waals surface area contributed by atoms with Crippen molar-refractivity contribution in [2.24, 2.45) is 17.8 Å². The van der Waals surface area contributed by atoms with Crippen LogP contribution in [0.3, 0.4) is 0 Å². The van der Waals surface area contributed by atoms with Crippen LogP contribution >= 0.6 is 0 Å². The molecule has 1 N–H and O–H groups in total. The molecule has 0 radical (unpaired) electrons. The van der Waals surface area contributed by atoms with E-state index < -0.39 is 23.0 Å². The summed E-state index contributed by atoms with van der Waals surface area (Å²) in [4.78, 5) is 23.5. The number of carbonyl (C=O) groups is 1. The van der Waals surface area contributed by atoms with E-state index in [0.717, 1.165) is 12.8 Å². The van der Waals surface area contributed by atoms with Crippen LogP contribution in [0.5, 0.6) is 0 Å². The Kier molecular flexibility index (Phi) is 7.80. The number of hydrogen-bond acceptors (Lipinski definition) is 5. The van der Waals surface area contributed by atoms with Crippen molar-refractivity contribution in [2.45, 2.75) is 84.0 Å². The van der Waals surface area contributed by atoms with Crippen LogP contribution in [-0.2, 0) is 14.9 Å². The predicted molar refractivity (Wildman–Crippen MR) is 112 cm³/mol. The monoisotopic (exact) mass is 405 g/mol. The fraction of sp³-hybridized carbons (Fsp3) is 0.696. The van der Waals surface area contributed by atoms with Gasteiger partial charge >= 0.3 is 5.97 Å². The second-order valence-corrected chi connectivity index (χ2v) is 9.51.